The molecule has 0 saturated carbocycles. The Morgan fingerprint density at radius 2 is 2.35 bits per heavy atom. The van der Waals surface area contributed by atoms with Crippen LogP contribution in [0.25, 0.3) is 0 Å². The van der Waals surface area contributed by atoms with Crippen molar-refractivity contribution in [3.63, 3.8) is 0 Å². The molecule has 1 aromatic rings. The van der Waals surface area contributed by atoms with E-state index in [2.05, 4.69) is 36.4 Å². The monoisotopic (exact) mass is 253 g/mol. The molecule has 0 spiro atoms. The van der Waals surface area contributed by atoms with Crippen molar-refractivity contribution in [1.29, 1.82) is 0 Å². The van der Waals surface area contributed by atoms with E-state index in [0.717, 1.165) is 19.6 Å². The van der Waals surface area contributed by atoms with Crippen molar-refractivity contribution in [3.8, 4) is 0 Å². The highest BCUT2D eigenvalue weighted by molar-refractivity contribution is 7.09. The molecule has 17 heavy (non-hydrogen) atoms. The zero-order valence-corrected chi connectivity index (χ0v) is 11.8. The van der Waals surface area contributed by atoms with Crippen LogP contribution in [0.4, 0.5) is 0 Å². The molecule has 2 rings (SSSR count). The maximum atomic E-state index is 4.37. The van der Waals surface area contributed by atoms with Crippen LogP contribution in [0.5, 0.6) is 0 Å². The minimum absolute atomic E-state index is 0.367. The van der Waals surface area contributed by atoms with Crippen molar-refractivity contribution < 1.29 is 0 Å². The Bertz CT molecular complexity index is 328. The Balaban J connectivity index is 1.92. The second kappa shape index (κ2) is 5.46. The van der Waals surface area contributed by atoms with Gasteiger partial charge in [-0.15, -0.1) is 11.3 Å². The van der Waals surface area contributed by atoms with E-state index in [0.29, 0.717) is 17.4 Å². The number of thiazole rings is 1. The summed E-state index contributed by atoms with van der Waals surface area (Å²) in [7, 11) is 0. The van der Waals surface area contributed by atoms with Gasteiger partial charge in [-0.2, -0.15) is 0 Å². The Morgan fingerprint density at radius 3 is 2.88 bits per heavy atom. The average molecular weight is 253 g/mol. The van der Waals surface area contributed by atoms with Gasteiger partial charge in [0.1, 0.15) is 5.01 Å². The highest BCUT2D eigenvalue weighted by atomic mass is 32.1. The van der Waals surface area contributed by atoms with E-state index in [9.17, 15) is 0 Å². The van der Waals surface area contributed by atoms with Crippen molar-refractivity contribution in [2.75, 3.05) is 19.6 Å². The largest absolute Gasteiger partial charge is 0.316 e. The summed E-state index contributed by atoms with van der Waals surface area (Å²) in [5.74, 6) is 0.716. The second-order valence-corrected chi connectivity index (χ2v) is 6.34. The molecule has 2 N–H and O–H groups in total. The Morgan fingerprint density at radius 1 is 1.53 bits per heavy atom. The number of nitrogens with one attached hydrogen (secondary N) is 2. The highest BCUT2D eigenvalue weighted by Crippen LogP contribution is 2.34. The van der Waals surface area contributed by atoms with Crippen LogP contribution < -0.4 is 10.6 Å². The third-order valence-corrected chi connectivity index (χ3v) is 5.04. The standard InChI is InChI=1S/C13H23N3S/c1-10(2)13(4-5-14-8-13)9-16-11(3)12-15-6-7-17-12/h6-7,10-11,14,16H,4-5,8-9H2,1-3H3. The Labute approximate surface area is 108 Å². The fraction of sp³-hybridized carbons (Fsp3) is 0.769. The van der Waals surface area contributed by atoms with Gasteiger partial charge in [-0.1, -0.05) is 13.8 Å². The van der Waals surface area contributed by atoms with Gasteiger partial charge in [0, 0.05) is 24.7 Å². The van der Waals surface area contributed by atoms with E-state index >= 15 is 0 Å². The molecular weight excluding hydrogens is 230 g/mol. The molecule has 1 aliphatic heterocycles. The van der Waals surface area contributed by atoms with Crippen LogP contribution in [0.2, 0.25) is 0 Å². The lowest BCUT2D eigenvalue weighted by Crippen LogP contribution is -2.41. The number of nitrogens with zero attached hydrogens (tertiary/aromatic N) is 1. The number of hydrogen-bond acceptors (Lipinski definition) is 4. The molecule has 0 aliphatic carbocycles. The van der Waals surface area contributed by atoms with E-state index in [1.165, 1.54) is 11.4 Å². The summed E-state index contributed by atoms with van der Waals surface area (Å²) < 4.78 is 0. The Kier molecular flexibility index (Phi) is 4.17. The van der Waals surface area contributed by atoms with E-state index < -0.39 is 0 Å². The molecule has 0 amide bonds. The summed E-state index contributed by atoms with van der Waals surface area (Å²) in [4.78, 5) is 4.37. The van der Waals surface area contributed by atoms with Crippen molar-refractivity contribution in [2.45, 2.75) is 33.2 Å². The summed E-state index contributed by atoms with van der Waals surface area (Å²) in [6, 6.07) is 0.367. The predicted octanol–water partition coefficient (Wildman–Crippen LogP) is 2.43. The lowest BCUT2D eigenvalue weighted by Gasteiger charge is -2.34. The van der Waals surface area contributed by atoms with Crippen molar-refractivity contribution in [3.05, 3.63) is 16.6 Å². The first kappa shape index (κ1) is 13.0. The van der Waals surface area contributed by atoms with E-state index in [1.54, 1.807) is 11.3 Å². The van der Waals surface area contributed by atoms with Crippen molar-refractivity contribution >= 4 is 11.3 Å². The first-order valence-corrected chi connectivity index (χ1v) is 7.35. The molecule has 96 valence electrons. The minimum Gasteiger partial charge on any atom is -0.316 e. The zero-order chi connectivity index (χ0) is 12.3. The third-order valence-electron chi connectivity index (χ3n) is 4.08. The molecule has 2 unspecified atom stereocenters. The molecule has 2 atom stereocenters. The summed E-state index contributed by atoms with van der Waals surface area (Å²) in [6.07, 6.45) is 3.16. The summed E-state index contributed by atoms with van der Waals surface area (Å²) >= 11 is 1.73. The lowest BCUT2D eigenvalue weighted by molar-refractivity contribution is 0.202. The molecule has 0 bridgehead atoms. The van der Waals surface area contributed by atoms with Gasteiger partial charge in [-0.3, -0.25) is 0 Å². The van der Waals surface area contributed by atoms with E-state index in [4.69, 9.17) is 0 Å². The molecule has 1 aliphatic rings. The van der Waals surface area contributed by atoms with E-state index in [-0.39, 0.29) is 0 Å². The molecule has 0 radical (unpaired) electrons. The topological polar surface area (TPSA) is 37.0 Å². The van der Waals surface area contributed by atoms with Gasteiger partial charge in [0.05, 0.1) is 6.04 Å². The van der Waals surface area contributed by atoms with Gasteiger partial charge in [0.15, 0.2) is 0 Å². The molecule has 4 heteroatoms. The molecule has 3 nitrogen and oxygen atoms in total. The van der Waals surface area contributed by atoms with Gasteiger partial charge < -0.3 is 10.6 Å². The third kappa shape index (κ3) is 2.87. The molecule has 1 aromatic heterocycles. The number of rotatable bonds is 5. The van der Waals surface area contributed by atoms with Gasteiger partial charge >= 0.3 is 0 Å². The van der Waals surface area contributed by atoms with Gasteiger partial charge in [0.25, 0.3) is 0 Å². The molecule has 1 fully saturated rings. The maximum absolute atomic E-state index is 4.37. The SMILES string of the molecule is CC(NCC1(C(C)C)CCNC1)c1nccs1. The van der Waals surface area contributed by atoms with E-state index in [1.807, 2.05) is 11.6 Å². The van der Waals surface area contributed by atoms with Crippen LogP contribution in [0.15, 0.2) is 11.6 Å². The minimum atomic E-state index is 0.367. The lowest BCUT2D eigenvalue weighted by atomic mass is 9.76. The van der Waals surface area contributed by atoms with Crippen LogP contribution in [0.3, 0.4) is 0 Å². The summed E-state index contributed by atoms with van der Waals surface area (Å²) in [5, 5.41) is 10.4. The van der Waals surface area contributed by atoms with Crippen LogP contribution >= 0.6 is 11.3 Å². The first-order valence-electron chi connectivity index (χ1n) is 6.47. The maximum Gasteiger partial charge on any atom is 0.109 e. The highest BCUT2D eigenvalue weighted by Gasteiger charge is 2.36. The quantitative estimate of drug-likeness (QED) is 0.846. The van der Waals surface area contributed by atoms with Gasteiger partial charge in [-0.05, 0) is 31.2 Å². The van der Waals surface area contributed by atoms with Gasteiger partial charge in [-0.25, -0.2) is 4.98 Å². The van der Waals surface area contributed by atoms with Crippen molar-refractivity contribution in [1.82, 2.24) is 15.6 Å². The van der Waals surface area contributed by atoms with Gasteiger partial charge in [0.2, 0.25) is 0 Å². The average Bonchev–Trinajstić information content (AvgIpc) is 2.97. The summed E-state index contributed by atoms with van der Waals surface area (Å²) in [5.41, 5.74) is 0.422. The molecular formula is C13H23N3S. The normalized spacial score (nSPS) is 26.6. The van der Waals surface area contributed by atoms with Crippen LogP contribution in [-0.4, -0.2) is 24.6 Å². The fourth-order valence-electron chi connectivity index (χ4n) is 2.50. The summed E-state index contributed by atoms with van der Waals surface area (Å²) in [6.45, 7) is 10.3. The molecule has 2 heterocycles. The van der Waals surface area contributed by atoms with Crippen LogP contribution in [-0.2, 0) is 0 Å². The van der Waals surface area contributed by atoms with Crippen LogP contribution in [0.1, 0.15) is 38.2 Å². The predicted molar refractivity (Wildman–Crippen MR) is 73.3 cm³/mol. The molecule has 0 aromatic carbocycles. The number of hydrogen-bond donors (Lipinski definition) is 2. The zero-order valence-electron chi connectivity index (χ0n) is 11.0. The second-order valence-electron chi connectivity index (χ2n) is 5.42. The fourth-order valence-corrected chi connectivity index (χ4v) is 3.17. The molecule has 1 saturated heterocycles. The first-order chi connectivity index (χ1) is 8.14. The number of aromatic nitrogens is 1. The van der Waals surface area contributed by atoms with Crippen LogP contribution in [0, 0.1) is 11.3 Å². The van der Waals surface area contributed by atoms with Crippen molar-refractivity contribution in [2.24, 2.45) is 11.3 Å². The smallest absolute Gasteiger partial charge is 0.109 e. The Hall–Kier alpha value is -0.450.